The van der Waals surface area contributed by atoms with E-state index in [0.717, 1.165) is 16.6 Å². The summed E-state index contributed by atoms with van der Waals surface area (Å²) in [6, 6.07) is 14.9. The molecule has 0 radical (unpaired) electrons. The van der Waals surface area contributed by atoms with Crippen LogP contribution >= 0.6 is 0 Å². The second-order valence-corrected chi connectivity index (χ2v) is 4.08. The Morgan fingerprint density at radius 2 is 1.78 bits per heavy atom. The minimum Gasteiger partial charge on any atom is -0.733 e. The average molecular weight is 239 g/mol. The number of benzene rings is 1. The van der Waals surface area contributed by atoms with E-state index in [0.29, 0.717) is 0 Å². The van der Waals surface area contributed by atoms with Crippen molar-refractivity contribution in [3.8, 4) is 11.1 Å². The van der Waals surface area contributed by atoms with Crippen LogP contribution in [0.3, 0.4) is 0 Å². The second-order valence-electron chi connectivity index (χ2n) is 4.08. The third kappa shape index (κ3) is 1.84. The van der Waals surface area contributed by atoms with Crippen molar-refractivity contribution in [1.29, 1.82) is 0 Å². The maximum Gasteiger partial charge on any atom is 0.0509 e. The predicted molar refractivity (Wildman–Crippen MR) is 70.5 cm³/mol. The first kappa shape index (κ1) is 10.8. The van der Waals surface area contributed by atoms with E-state index in [2.05, 4.69) is 6.07 Å². The number of hydrogen-bond donors (Lipinski definition) is 1. The van der Waals surface area contributed by atoms with Crippen LogP contribution in [0.5, 0.6) is 0 Å². The number of fused-ring (bicyclic) bond motifs is 1. The van der Waals surface area contributed by atoms with E-state index in [9.17, 15) is 5.21 Å². The lowest BCUT2D eigenvalue weighted by molar-refractivity contribution is 0.296. The number of hydrogen-bond acceptors (Lipinski definition) is 3. The van der Waals surface area contributed by atoms with Crippen molar-refractivity contribution in [3.05, 3.63) is 66.1 Å². The highest BCUT2D eigenvalue weighted by atomic mass is 16.8. The molecule has 90 valence electrons. The van der Waals surface area contributed by atoms with Crippen LogP contribution in [0, 0.1) is 5.21 Å². The molecule has 0 fully saturated rings. The molecule has 0 bridgehead atoms. The van der Waals surface area contributed by atoms with Gasteiger partial charge in [0.2, 0.25) is 0 Å². The molecule has 0 aliphatic rings. The van der Waals surface area contributed by atoms with Gasteiger partial charge in [0.1, 0.15) is 0 Å². The molecule has 2 heterocycles. The Morgan fingerprint density at radius 1 is 1.00 bits per heavy atom. The number of nitrogens with zero attached hydrogens (tertiary/aromatic N) is 2. The standard InChI is InChI=1S/C14H11N2O2/c17-16(18)13-6-4-11(5-7-13)12-9-14-3-1-2-8-15(14)10-12/h1-10,17H/q-1. The van der Waals surface area contributed by atoms with Gasteiger partial charge in [0, 0.05) is 23.5 Å². The van der Waals surface area contributed by atoms with Crippen molar-refractivity contribution in [1.82, 2.24) is 4.40 Å². The van der Waals surface area contributed by atoms with E-state index < -0.39 is 0 Å². The maximum atomic E-state index is 10.7. The van der Waals surface area contributed by atoms with Gasteiger partial charge < -0.3 is 14.8 Å². The van der Waals surface area contributed by atoms with Gasteiger partial charge in [-0.05, 0) is 35.9 Å². The molecule has 0 aliphatic carbocycles. The van der Waals surface area contributed by atoms with E-state index in [1.165, 1.54) is 0 Å². The zero-order valence-corrected chi connectivity index (χ0v) is 9.52. The molecule has 0 saturated carbocycles. The molecule has 4 nitrogen and oxygen atoms in total. The third-order valence-electron chi connectivity index (χ3n) is 2.93. The van der Waals surface area contributed by atoms with E-state index in [1.54, 1.807) is 12.1 Å². The highest BCUT2D eigenvalue weighted by molar-refractivity contribution is 5.71. The van der Waals surface area contributed by atoms with E-state index in [1.807, 2.05) is 47.1 Å². The van der Waals surface area contributed by atoms with Gasteiger partial charge in [0.25, 0.3) is 0 Å². The minimum absolute atomic E-state index is 0.139. The Kier molecular flexibility index (Phi) is 2.51. The number of rotatable bonds is 2. The lowest BCUT2D eigenvalue weighted by Gasteiger charge is -2.21. The Morgan fingerprint density at radius 3 is 2.44 bits per heavy atom. The van der Waals surface area contributed by atoms with Crippen molar-refractivity contribution < 1.29 is 5.21 Å². The first-order valence-corrected chi connectivity index (χ1v) is 5.57. The summed E-state index contributed by atoms with van der Waals surface area (Å²) in [6.07, 6.45) is 4.01. The van der Waals surface area contributed by atoms with Crippen LogP contribution in [-0.2, 0) is 0 Å². The zero-order valence-electron chi connectivity index (χ0n) is 9.52. The molecule has 1 N–H and O–H groups in total. The fourth-order valence-electron chi connectivity index (χ4n) is 1.99. The topological polar surface area (TPSA) is 50.9 Å². The summed E-state index contributed by atoms with van der Waals surface area (Å²) in [7, 11) is 0. The highest BCUT2D eigenvalue weighted by Gasteiger charge is 2.02. The fourth-order valence-corrected chi connectivity index (χ4v) is 1.99. The van der Waals surface area contributed by atoms with E-state index in [4.69, 9.17) is 5.21 Å². The van der Waals surface area contributed by atoms with Crippen LogP contribution < -0.4 is 5.23 Å². The Hall–Kier alpha value is -2.30. The monoisotopic (exact) mass is 239 g/mol. The normalized spacial score (nSPS) is 10.8. The van der Waals surface area contributed by atoms with Gasteiger partial charge in [-0.15, -0.1) is 0 Å². The molecule has 4 heteroatoms. The minimum atomic E-state index is -0.139. The van der Waals surface area contributed by atoms with Crippen molar-refractivity contribution in [2.24, 2.45) is 0 Å². The summed E-state index contributed by atoms with van der Waals surface area (Å²) in [5, 5.41) is 19.3. The molecule has 0 unspecified atom stereocenters. The van der Waals surface area contributed by atoms with Crippen LogP contribution in [-0.4, -0.2) is 9.61 Å². The quantitative estimate of drug-likeness (QED) is 0.698. The fraction of sp³-hybridized carbons (Fsp3) is 0. The van der Waals surface area contributed by atoms with E-state index in [-0.39, 0.29) is 10.9 Å². The smallest absolute Gasteiger partial charge is 0.0509 e. The summed E-state index contributed by atoms with van der Waals surface area (Å²) in [6.45, 7) is 0. The molecular weight excluding hydrogens is 228 g/mol. The van der Waals surface area contributed by atoms with Crippen molar-refractivity contribution in [2.45, 2.75) is 0 Å². The van der Waals surface area contributed by atoms with Crippen LogP contribution in [0.4, 0.5) is 5.69 Å². The van der Waals surface area contributed by atoms with Gasteiger partial charge in [0.15, 0.2) is 0 Å². The third-order valence-corrected chi connectivity index (χ3v) is 2.93. The number of aromatic nitrogens is 1. The van der Waals surface area contributed by atoms with Gasteiger partial charge in [0.05, 0.1) is 5.69 Å². The predicted octanol–water partition coefficient (Wildman–Crippen LogP) is 3.30. The summed E-state index contributed by atoms with van der Waals surface area (Å²) >= 11 is 0. The maximum absolute atomic E-state index is 10.7. The first-order chi connectivity index (χ1) is 8.74. The lowest BCUT2D eigenvalue weighted by Crippen LogP contribution is -2.06. The van der Waals surface area contributed by atoms with Crippen molar-refractivity contribution >= 4 is 11.2 Å². The molecule has 0 atom stereocenters. The second kappa shape index (κ2) is 4.18. The molecule has 0 saturated heterocycles. The van der Waals surface area contributed by atoms with Gasteiger partial charge >= 0.3 is 0 Å². The van der Waals surface area contributed by atoms with Gasteiger partial charge in [-0.25, -0.2) is 0 Å². The molecule has 0 amide bonds. The van der Waals surface area contributed by atoms with Crippen LogP contribution in [0.15, 0.2) is 60.9 Å². The van der Waals surface area contributed by atoms with Gasteiger partial charge in [-0.3, -0.25) is 5.21 Å². The molecule has 0 aliphatic heterocycles. The van der Waals surface area contributed by atoms with Crippen LogP contribution in [0.25, 0.3) is 16.6 Å². The Balaban J connectivity index is 2.03. The Labute approximate surface area is 104 Å². The average Bonchev–Trinajstić information content (AvgIpc) is 2.82. The zero-order chi connectivity index (χ0) is 12.5. The van der Waals surface area contributed by atoms with E-state index >= 15 is 0 Å². The molecule has 0 spiro atoms. The number of pyridine rings is 1. The van der Waals surface area contributed by atoms with Gasteiger partial charge in [-0.2, -0.15) is 0 Å². The SMILES string of the molecule is [O-]N(O)c1ccc(-c2cc3ccccn3c2)cc1. The highest BCUT2D eigenvalue weighted by Crippen LogP contribution is 2.24. The molecule has 3 aromatic rings. The summed E-state index contributed by atoms with van der Waals surface area (Å²) in [5.41, 5.74) is 3.42. The largest absolute Gasteiger partial charge is 0.733 e. The molecule has 18 heavy (non-hydrogen) atoms. The number of anilines is 1. The molecule has 1 aromatic carbocycles. The summed E-state index contributed by atoms with van der Waals surface area (Å²) < 4.78 is 2.04. The van der Waals surface area contributed by atoms with Crippen molar-refractivity contribution in [3.63, 3.8) is 0 Å². The molecule has 3 rings (SSSR count). The lowest BCUT2D eigenvalue weighted by atomic mass is 10.1. The van der Waals surface area contributed by atoms with Crippen LogP contribution in [0.2, 0.25) is 0 Å². The van der Waals surface area contributed by atoms with Crippen molar-refractivity contribution in [2.75, 3.05) is 5.23 Å². The Bertz CT molecular complexity index is 639. The first-order valence-electron chi connectivity index (χ1n) is 5.57. The van der Waals surface area contributed by atoms with Crippen LogP contribution in [0.1, 0.15) is 0 Å². The molecular formula is C14H11N2O2-. The molecule has 2 aromatic heterocycles. The van der Waals surface area contributed by atoms with Gasteiger partial charge in [-0.1, -0.05) is 18.2 Å². The summed E-state index contributed by atoms with van der Waals surface area (Å²) in [5.74, 6) is 0. The summed E-state index contributed by atoms with van der Waals surface area (Å²) in [4.78, 5) is 0.